The molecule has 1 aromatic heterocycles. The van der Waals surface area contributed by atoms with Crippen molar-refractivity contribution in [2.45, 2.75) is 58.9 Å². The van der Waals surface area contributed by atoms with E-state index in [0.717, 1.165) is 28.1 Å². The Balaban J connectivity index is 1.60. The normalized spacial score (nSPS) is 15.3. The number of ketones is 1. The molecule has 0 N–H and O–H groups in total. The molecule has 1 aliphatic rings. The minimum absolute atomic E-state index is 0.242. The Kier molecular flexibility index (Phi) is 7.83. The van der Waals surface area contributed by atoms with Gasteiger partial charge in [0.2, 0.25) is 15.8 Å². The summed E-state index contributed by atoms with van der Waals surface area (Å²) < 4.78 is 35.3. The highest BCUT2D eigenvalue weighted by Crippen LogP contribution is 2.29. The van der Waals surface area contributed by atoms with Crippen LogP contribution in [0.1, 0.15) is 51.3 Å². The predicted octanol–water partition coefficient (Wildman–Crippen LogP) is 4.04. The average molecular weight is 487 g/mol. The molecule has 2 aromatic rings. The molecule has 3 rings (SSSR count). The molecule has 2 heterocycles. The number of ether oxygens (including phenoxy) is 1. The highest BCUT2D eigenvalue weighted by molar-refractivity contribution is 7.89. The van der Waals surface area contributed by atoms with E-state index in [9.17, 15) is 18.0 Å². The monoisotopic (exact) mass is 486 g/mol. The van der Waals surface area contributed by atoms with Crippen LogP contribution in [0, 0.1) is 40.5 Å². The Hall–Kier alpha value is -2.71. The van der Waals surface area contributed by atoms with E-state index in [1.807, 2.05) is 51.3 Å². The SMILES string of the molecule is C=CCn1c(C)cc(C(=O)COC(=O)C2CCN(S(=O)(=O)c3c(C)cc(C)cc3C)CC2)c1C. The molecule has 7 nitrogen and oxygen atoms in total. The van der Waals surface area contributed by atoms with Gasteiger partial charge < -0.3 is 9.30 Å². The van der Waals surface area contributed by atoms with E-state index >= 15 is 0 Å². The third-order valence-electron chi connectivity index (χ3n) is 6.52. The molecule has 1 saturated heterocycles. The Labute approximate surface area is 202 Å². The summed E-state index contributed by atoms with van der Waals surface area (Å²) in [5.74, 6) is -1.12. The lowest BCUT2D eigenvalue weighted by molar-refractivity contribution is -0.148. The number of piperidine rings is 1. The van der Waals surface area contributed by atoms with Crippen LogP contribution in [0.2, 0.25) is 0 Å². The largest absolute Gasteiger partial charge is 0.457 e. The number of aryl methyl sites for hydroxylation is 4. The molecule has 184 valence electrons. The number of esters is 1. The third kappa shape index (κ3) is 5.18. The second kappa shape index (κ2) is 10.3. The van der Waals surface area contributed by atoms with Crippen molar-refractivity contribution in [1.82, 2.24) is 8.87 Å². The van der Waals surface area contributed by atoms with Crippen LogP contribution < -0.4 is 0 Å². The number of aromatic nitrogens is 1. The zero-order chi connectivity index (χ0) is 25.2. The van der Waals surface area contributed by atoms with Crippen LogP contribution in [-0.4, -0.2) is 48.7 Å². The molecule has 0 unspecified atom stereocenters. The first-order valence-electron chi connectivity index (χ1n) is 11.5. The molecular weight excluding hydrogens is 452 g/mol. The molecular formula is C26H34N2O5S. The van der Waals surface area contributed by atoms with Crippen molar-refractivity contribution in [3.05, 3.63) is 64.5 Å². The summed E-state index contributed by atoms with van der Waals surface area (Å²) in [5.41, 5.74) is 4.78. The zero-order valence-corrected chi connectivity index (χ0v) is 21.5. The molecule has 8 heteroatoms. The van der Waals surface area contributed by atoms with E-state index in [0.29, 0.717) is 29.8 Å². The maximum Gasteiger partial charge on any atom is 0.309 e. The van der Waals surface area contributed by atoms with Crippen molar-refractivity contribution in [3.63, 3.8) is 0 Å². The quantitative estimate of drug-likeness (QED) is 0.319. The summed E-state index contributed by atoms with van der Waals surface area (Å²) in [6, 6.07) is 5.54. The Morgan fingerprint density at radius 2 is 1.65 bits per heavy atom. The minimum atomic E-state index is -3.64. The number of hydrogen-bond donors (Lipinski definition) is 0. The first-order valence-corrected chi connectivity index (χ1v) is 13.0. The second-order valence-electron chi connectivity index (χ2n) is 9.12. The van der Waals surface area contributed by atoms with Crippen LogP contribution in [-0.2, 0) is 26.1 Å². The topological polar surface area (TPSA) is 85.7 Å². The third-order valence-corrected chi connectivity index (χ3v) is 8.73. The van der Waals surface area contributed by atoms with Crippen LogP contribution in [0.15, 0.2) is 35.7 Å². The van der Waals surface area contributed by atoms with E-state index < -0.39 is 21.9 Å². The van der Waals surface area contributed by atoms with Crippen molar-refractivity contribution in [2.75, 3.05) is 19.7 Å². The first-order chi connectivity index (χ1) is 16.0. The van der Waals surface area contributed by atoms with Crippen molar-refractivity contribution in [2.24, 2.45) is 5.92 Å². The van der Waals surface area contributed by atoms with Gasteiger partial charge in [0.1, 0.15) is 0 Å². The van der Waals surface area contributed by atoms with Gasteiger partial charge >= 0.3 is 5.97 Å². The van der Waals surface area contributed by atoms with E-state index in [1.54, 1.807) is 12.1 Å². The number of hydrogen-bond acceptors (Lipinski definition) is 5. The molecule has 1 aromatic carbocycles. The van der Waals surface area contributed by atoms with Gasteiger partial charge in [-0.3, -0.25) is 9.59 Å². The van der Waals surface area contributed by atoms with Gasteiger partial charge in [0.05, 0.1) is 10.8 Å². The van der Waals surface area contributed by atoms with E-state index in [1.165, 1.54) is 4.31 Å². The number of carbonyl (C=O) groups excluding carboxylic acids is 2. The standard InChI is InChI=1S/C26H34N2O5S/c1-7-10-28-20(5)15-23(21(28)6)24(29)16-33-26(30)22-8-11-27(12-9-22)34(31,32)25-18(3)13-17(2)14-19(25)4/h7,13-15,22H,1,8-12,16H2,2-6H3. The van der Waals surface area contributed by atoms with Gasteiger partial charge in [-0.25, -0.2) is 8.42 Å². The summed E-state index contributed by atoms with van der Waals surface area (Å²) in [5, 5.41) is 0. The smallest absolute Gasteiger partial charge is 0.309 e. The van der Waals surface area contributed by atoms with Gasteiger partial charge in [-0.1, -0.05) is 23.8 Å². The number of carbonyl (C=O) groups is 2. The molecule has 0 atom stereocenters. The lowest BCUT2D eigenvalue weighted by Gasteiger charge is -2.31. The molecule has 1 fully saturated rings. The number of rotatable bonds is 8. The average Bonchev–Trinajstić information content (AvgIpc) is 3.05. The fourth-order valence-corrected chi connectivity index (χ4v) is 6.74. The maximum atomic E-state index is 13.3. The Morgan fingerprint density at radius 3 is 2.21 bits per heavy atom. The van der Waals surface area contributed by atoms with E-state index in [2.05, 4.69) is 6.58 Å². The van der Waals surface area contributed by atoms with E-state index in [4.69, 9.17) is 4.74 Å². The van der Waals surface area contributed by atoms with Crippen LogP contribution in [0.3, 0.4) is 0 Å². The second-order valence-corrected chi connectivity index (χ2v) is 11.0. The lowest BCUT2D eigenvalue weighted by atomic mass is 9.98. The Bertz CT molecular complexity index is 1200. The van der Waals surface area contributed by atoms with Gasteiger partial charge in [-0.05, 0) is 64.7 Å². The number of nitrogens with zero attached hydrogens (tertiary/aromatic N) is 2. The van der Waals surface area contributed by atoms with Crippen molar-refractivity contribution in [3.8, 4) is 0 Å². The number of allylic oxidation sites excluding steroid dienone is 1. The molecule has 34 heavy (non-hydrogen) atoms. The highest BCUT2D eigenvalue weighted by Gasteiger charge is 2.34. The molecule has 0 saturated carbocycles. The zero-order valence-electron chi connectivity index (χ0n) is 20.7. The van der Waals surface area contributed by atoms with Crippen LogP contribution >= 0.6 is 0 Å². The summed E-state index contributed by atoms with van der Waals surface area (Å²) >= 11 is 0. The fourth-order valence-electron chi connectivity index (χ4n) is 4.86. The van der Waals surface area contributed by atoms with Gasteiger partial charge in [0.25, 0.3) is 0 Å². The summed E-state index contributed by atoms with van der Waals surface area (Å²) in [6.07, 6.45) is 2.50. The predicted molar refractivity (Wildman–Crippen MR) is 132 cm³/mol. The van der Waals surface area contributed by atoms with E-state index in [-0.39, 0.29) is 25.5 Å². The summed E-state index contributed by atoms with van der Waals surface area (Å²) in [6.45, 7) is 13.8. The lowest BCUT2D eigenvalue weighted by Crippen LogP contribution is -2.41. The van der Waals surface area contributed by atoms with Crippen LogP contribution in [0.4, 0.5) is 0 Å². The summed E-state index contributed by atoms with van der Waals surface area (Å²) in [4.78, 5) is 25.6. The molecule has 1 aliphatic heterocycles. The molecule has 0 radical (unpaired) electrons. The number of Topliss-reactive ketones (excluding diaryl/α,β-unsaturated/α-hetero) is 1. The van der Waals surface area contributed by atoms with Crippen LogP contribution in [0.5, 0.6) is 0 Å². The van der Waals surface area contributed by atoms with Crippen molar-refractivity contribution >= 4 is 21.8 Å². The number of sulfonamides is 1. The Morgan fingerprint density at radius 1 is 1.06 bits per heavy atom. The maximum absolute atomic E-state index is 13.3. The fraction of sp³-hybridized carbons (Fsp3) is 0.462. The molecule has 0 amide bonds. The minimum Gasteiger partial charge on any atom is -0.457 e. The summed E-state index contributed by atoms with van der Waals surface area (Å²) in [7, 11) is -3.64. The molecule has 0 bridgehead atoms. The van der Waals surface area contributed by atoms with Crippen molar-refractivity contribution in [1.29, 1.82) is 0 Å². The number of benzene rings is 1. The van der Waals surface area contributed by atoms with Gasteiger partial charge in [-0.2, -0.15) is 4.31 Å². The van der Waals surface area contributed by atoms with Crippen LogP contribution in [0.25, 0.3) is 0 Å². The van der Waals surface area contributed by atoms with Crippen molar-refractivity contribution < 1.29 is 22.7 Å². The van der Waals surface area contributed by atoms with Gasteiger partial charge in [-0.15, -0.1) is 6.58 Å². The molecule has 0 aliphatic carbocycles. The first kappa shape index (κ1) is 25.9. The van der Waals surface area contributed by atoms with Gasteiger partial charge in [0, 0.05) is 36.6 Å². The highest BCUT2D eigenvalue weighted by atomic mass is 32.2. The molecule has 0 spiro atoms. The van der Waals surface area contributed by atoms with Gasteiger partial charge in [0.15, 0.2) is 6.61 Å².